The molecule has 0 saturated carbocycles. The molecule has 15 nitrogen and oxygen atoms in total. The van der Waals surface area contributed by atoms with Crippen LogP contribution >= 0.6 is 0 Å². The molecule has 0 amide bonds. The fraction of sp³-hybridized carbons (Fsp3) is 0.517. The Morgan fingerprint density at radius 1 is 0.955 bits per heavy atom. The van der Waals surface area contributed by atoms with Gasteiger partial charge in [-0.3, -0.25) is 14.4 Å². The van der Waals surface area contributed by atoms with E-state index < -0.39 is 83.6 Å². The summed E-state index contributed by atoms with van der Waals surface area (Å²) in [5, 5.41) is 41.9. The van der Waals surface area contributed by atoms with Gasteiger partial charge in [0.2, 0.25) is 11.9 Å². The predicted octanol–water partition coefficient (Wildman–Crippen LogP) is 0.846. The first-order valence-corrected chi connectivity index (χ1v) is 13.5. The molecule has 8 atom stereocenters. The van der Waals surface area contributed by atoms with E-state index in [9.17, 15) is 49.2 Å². The topological polar surface area (TPSA) is 229 Å². The van der Waals surface area contributed by atoms with Crippen LogP contribution in [0.1, 0.15) is 46.1 Å². The number of aliphatic carboxylic acids is 3. The van der Waals surface area contributed by atoms with E-state index in [1.165, 1.54) is 6.92 Å². The van der Waals surface area contributed by atoms with Gasteiger partial charge in [0.15, 0.2) is 6.10 Å². The number of ether oxygens (including phenoxy) is 5. The minimum atomic E-state index is -3.68. The van der Waals surface area contributed by atoms with Crippen molar-refractivity contribution in [3.05, 3.63) is 48.0 Å². The summed E-state index contributed by atoms with van der Waals surface area (Å²) >= 11 is 0. The standard InChI is InChI=1S/C29H34O15/c1-14(20(40-16(3)30)15(2)13-19-9-7-6-8-10-19)11-12-27-22(41-17(4)31)21(33)28(44-27,25(36)37)29(26(38)39,42-18(5)32)23(43-27)24(34)35/h6-10,15,20-23,33H,1,11-13H2,2-5H3,(H,34,35)(H,36,37)(H,38,39). The van der Waals surface area contributed by atoms with Gasteiger partial charge in [-0.1, -0.05) is 43.8 Å². The van der Waals surface area contributed by atoms with E-state index in [-0.39, 0.29) is 17.9 Å². The summed E-state index contributed by atoms with van der Waals surface area (Å²) in [4.78, 5) is 74.0. The molecule has 2 saturated heterocycles. The molecule has 2 aliphatic rings. The Kier molecular flexibility index (Phi) is 9.87. The third kappa shape index (κ3) is 5.89. The highest BCUT2D eigenvalue weighted by atomic mass is 16.8. The molecule has 0 radical (unpaired) electrons. The lowest BCUT2D eigenvalue weighted by atomic mass is 9.74. The minimum absolute atomic E-state index is 0.232. The molecule has 2 heterocycles. The Morgan fingerprint density at radius 2 is 1.57 bits per heavy atom. The fourth-order valence-electron chi connectivity index (χ4n) is 5.87. The van der Waals surface area contributed by atoms with Gasteiger partial charge in [0, 0.05) is 33.1 Å². The van der Waals surface area contributed by atoms with Gasteiger partial charge in [-0.25, -0.2) is 14.4 Å². The van der Waals surface area contributed by atoms with E-state index in [4.69, 9.17) is 23.7 Å². The summed E-state index contributed by atoms with van der Waals surface area (Å²) in [6.45, 7) is 8.53. The van der Waals surface area contributed by atoms with Crippen LogP contribution in [0.5, 0.6) is 0 Å². The van der Waals surface area contributed by atoms with Crippen molar-refractivity contribution in [1.82, 2.24) is 0 Å². The molecule has 0 spiro atoms. The van der Waals surface area contributed by atoms with Crippen LogP contribution in [0.4, 0.5) is 0 Å². The van der Waals surface area contributed by atoms with E-state index in [1.807, 2.05) is 30.3 Å². The quantitative estimate of drug-likeness (QED) is 0.136. The van der Waals surface area contributed by atoms with Gasteiger partial charge in [0.1, 0.15) is 12.2 Å². The largest absolute Gasteiger partial charge is 0.479 e. The van der Waals surface area contributed by atoms with E-state index in [1.54, 1.807) is 6.92 Å². The van der Waals surface area contributed by atoms with Crippen molar-refractivity contribution in [2.24, 2.45) is 5.92 Å². The van der Waals surface area contributed by atoms with Crippen molar-refractivity contribution in [2.45, 2.75) is 88.4 Å². The maximum Gasteiger partial charge on any atom is 0.355 e. The van der Waals surface area contributed by atoms with Gasteiger partial charge in [0.05, 0.1) is 0 Å². The number of rotatable bonds is 13. The summed E-state index contributed by atoms with van der Waals surface area (Å²) in [5.74, 6) is -12.8. The molecule has 0 aromatic heterocycles. The maximum absolute atomic E-state index is 12.8. The lowest BCUT2D eigenvalue weighted by Gasteiger charge is -2.50. The van der Waals surface area contributed by atoms with E-state index in [0.29, 0.717) is 13.3 Å². The molecule has 1 aromatic carbocycles. The van der Waals surface area contributed by atoms with Crippen molar-refractivity contribution in [3.63, 3.8) is 0 Å². The Hall–Kier alpha value is -4.34. The predicted molar refractivity (Wildman–Crippen MR) is 144 cm³/mol. The van der Waals surface area contributed by atoms with E-state index >= 15 is 0 Å². The number of hydrogen-bond acceptors (Lipinski definition) is 12. The fourth-order valence-corrected chi connectivity index (χ4v) is 5.87. The lowest BCUT2D eigenvalue weighted by Crippen LogP contribution is -2.79. The van der Waals surface area contributed by atoms with Crippen molar-refractivity contribution in [1.29, 1.82) is 0 Å². The molecule has 1 aromatic rings. The van der Waals surface area contributed by atoms with Gasteiger partial charge >= 0.3 is 35.8 Å². The number of esters is 3. The second-order valence-corrected chi connectivity index (χ2v) is 10.8. The molecule has 0 aliphatic carbocycles. The number of fused-ring (bicyclic) bond motifs is 2. The van der Waals surface area contributed by atoms with Gasteiger partial charge in [-0.05, 0) is 24.0 Å². The molecule has 8 unspecified atom stereocenters. The minimum Gasteiger partial charge on any atom is -0.479 e. The summed E-state index contributed by atoms with van der Waals surface area (Å²) in [5.41, 5.74) is -6.07. The van der Waals surface area contributed by atoms with Crippen LogP contribution in [-0.4, -0.2) is 97.6 Å². The van der Waals surface area contributed by atoms with Crippen molar-refractivity contribution >= 4 is 35.8 Å². The average molecular weight is 623 g/mol. The highest BCUT2D eigenvalue weighted by molar-refractivity contribution is 5.99. The first-order chi connectivity index (χ1) is 20.4. The van der Waals surface area contributed by atoms with Crippen LogP contribution < -0.4 is 0 Å². The number of carboxylic acids is 3. The third-order valence-electron chi connectivity index (χ3n) is 7.57. The zero-order valence-electron chi connectivity index (χ0n) is 24.4. The first-order valence-electron chi connectivity index (χ1n) is 13.5. The highest BCUT2D eigenvalue weighted by Crippen LogP contribution is 2.57. The molecule has 3 rings (SSSR count). The maximum atomic E-state index is 12.8. The average Bonchev–Trinajstić information content (AvgIpc) is 3.13. The zero-order valence-corrected chi connectivity index (χ0v) is 24.4. The van der Waals surface area contributed by atoms with Crippen molar-refractivity contribution in [2.75, 3.05) is 0 Å². The number of carbonyl (C=O) groups excluding carboxylic acids is 3. The van der Waals surface area contributed by atoms with Crippen LogP contribution in [0.2, 0.25) is 0 Å². The molecule has 2 aliphatic heterocycles. The molecule has 2 fully saturated rings. The van der Waals surface area contributed by atoms with Crippen molar-refractivity contribution < 1.29 is 72.9 Å². The number of aliphatic hydroxyl groups is 1. The number of carboxylic acid groups (broad SMARTS) is 3. The van der Waals surface area contributed by atoms with Crippen LogP contribution in [0.3, 0.4) is 0 Å². The number of hydrogen-bond donors (Lipinski definition) is 4. The monoisotopic (exact) mass is 622 g/mol. The molecule has 240 valence electrons. The zero-order chi connectivity index (χ0) is 33.2. The highest BCUT2D eigenvalue weighted by Gasteiger charge is 2.87. The smallest absolute Gasteiger partial charge is 0.355 e. The van der Waals surface area contributed by atoms with Crippen molar-refractivity contribution in [3.8, 4) is 0 Å². The van der Waals surface area contributed by atoms with Gasteiger partial charge in [-0.2, -0.15) is 0 Å². The number of carbonyl (C=O) groups is 6. The summed E-state index contributed by atoms with van der Waals surface area (Å²) in [6, 6.07) is 9.22. The Morgan fingerprint density at radius 3 is 2.05 bits per heavy atom. The van der Waals surface area contributed by atoms with Gasteiger partial charge < -0.3 is 44.1 Å². The number of aliphatic hydroxyl groups excluding tert-OH is 1. The van der Waals surface area contributed by atoms with Crippen LogP contribution in [0.15, 0.2) is 42.5 Å². The van der Waals surface area contributed by atoms with Crippen LogP contribution in [0.25, 0.3) is 0 Å². The first kappa shape index (κ1) is 34.2. The Balaban J connectivity index is 2.10. The molecular weight excluding hydrogens is 588 g/mol. The van der Waals surface area contributed by atoms with Gasteiger partial charge in [0.25, 0.3) is 11.2 Å². The van der Waals surface area contributed by atoms with E-state index in [2.05, 4.69) is 6.58 Å². The Bertz CT molecular complexity index is 1340. The summed E-state index contributed by atoms with van der Waals surface area (Å²) < 4.78 is 26.8. The van der Waals surface area contributed by atoms with Crippen LogP contribution in [0, 0.1) is 5.92 Å². The molecular formula is C29H34O15. The number of benzene rings is 1. The third-order valence-corrected chi connectivity index (χ3v) is 7.57. The van der Waals surface area contributed by atoms with E-state index in [0.717, 1.165) is 12.5 Å². The van der Waals surface area contributed by atoms with Gasteiger partial charge in [-0.15, -0.1) is 0 Å². The van der Waals surface area contributed by atoms with Crippen LogP contribution in [-0.2, 0) is 58.9 Å². The molecule has 15 heteroatoms. The summed E-state index contributed by atoms with van der Waals surface area (Å²) in [6.07, 6.45) is -8.85. The normalized spacial score (nSPS) is 30.3. The second-order valence-electron chi connectivity index (χ2n) is 10.8. The molecule has 44 heavy (non-hydrogen) atoms. The Labute approximate surface area is 251 Å². The molecule has 2 bridgehead atoms. The second kappa shape index (κ2) is 12.7. The summed E-state index contributed by atoms with van der Waals surface area (Å²) in [7, 11) is 0. The SMILES string of the molecule is C=C(CCC12OC(C(=O)O)C(OC(C)=O)(C(=O)O)C(C(=O)O)(O1)C(O)C2OC(C)=O)C(OC(C)=O)C(C)Cc1ccccc1. The molecule has 4 N–H and O–H groups in total. The lowest BCUT2D eigenvalue weighted by molar-refractivity contribution is -0.374.